The number of aliphatic hydroxyl groups excluding tert-OH is 2. The number of aliphatic hydroxyl groups is 2. The van der Waals surface area contributed by atoms with Crippen molar-refractivity contribution < 1.29 is 15.0 Å². The van der Waals surface area contributed by atoms with Crippen LogP contribution in [0.15, 0.2) is 0 Å². The van der Waals surface area contributed by atoms with Crippen LogP contribution >= 0.6 is 0 Å². The van der Waals surface area contributed by atoms with Gasteiger partial charge in [0.25, 0.3) is 0 Å². The third kappa shape index (κ3) is 7.51. The van der Waals surface area contributed by atoms with Crippen molar-refractivity contribution in [2.45, 2.75) is 52.1 Å². The fourth-order valence-electron chi connectivity index (χ4n) is 1.72. The molecule has 0 aromatic heterocycles. The van der Waals surface area contributed by atoms with Gasteiger partial charge in [0.2, 0.25) is 0 Å². The number of hydrogen-bond acceptors (Lipinski definition) is 3. The summed E-state index contributed by atoms with van der Waals surface area (Å²) in [6.07, 6.45) is 4.16. The van der Waals surface area contributed by atoms with E-state index in [0.29, 0.717) is 31.1 Å². The molecule has 0 bridgehead atoms. The van der Waals surface area contributed by atoms with Gasteiger partial charge in [0.1, 0.15) is 6.29 Å². The van der Waals surface area contributed by atoms with Gasteiger partial charge in [-0.15, -0.1) is 0 Å². The van der Waals surface area contributed by atoms with Crippen LogP contribution in [0.25, 0.3) is 0 Å². The molecule has 0 amide bonds. The number of carbonyl (C=O) groups is 1. The highest BCUT2D eigenvalue weighted by molar-refractivity contribution is 5.49. The predicted molar refractivity (Wildman–Crippen MR) is 60.6 cm³/mol. The summed E-state index contributed by atoms with van der Waals surface area (Å²) in [5.74, 6) is 0.867. The summed E-state index contributed by atoms with van der Waals surface area (Å²) in [4.78, 5) is 10.4. The first-order chi connectivity index (χ1) is 7.11. The van der Waals surface area contributed by atoms with Crippen LogP contribution in [0.2, 0.25) is 0 Å². The van der Waals surface area contributed by atoms with Gasteiger partial charge in [-0.25, -0.2) is 0 Å². The molecule has 0 heterocycles. The lowest BCUT2D eigenvalue weighted by atomic mass is 9.87. The lowest BCUT2D eigenvalue weighted by Gasteiger charge is -2.19. The third-order valence-corrected chi connectivity index (χ3v) is 2.91. The number of aldehydes is 1. The van der Waals surface area contributed by atoms with E-state index in [9.17, 15) is 9.90 Å². The van der Waals surface area contributed by atoms with E-state index in [1.165, 1.54) is 0 Å². The molecule has 3 heteroatoms. The number of hydrogen-bond donors (Lipinski definition) is 2. The summed E-state index contributed by atoms with van der Waals surface area (Å²) in [7, 11) is 0. The summed E-state index contributed by atoms with van der Waals surface area (Å²) < 4.78 is 0. The van der Waals surface area contributed by atoms with Crippen LogP contribution in [-0.2, 0) is 4.79 Å². The maximum Gasteiger partial charge on any atom is 0.120 e. The summed E-state index contributed by atoms with van der Waals surface area (Å²) in [5.41, 5.74) is 0. The van der Waals surface area contributed by atoms with E-state index in [1.54, 1.807) is 0 Å². The fraction of sp³-hybridized carbons (Fsp3) is 0.917. The van der Waals surface area contributed by atoms with E-state index in [1.807, 2.05) is 0 Å². The molecule has 0 radical (unpaired) electrons. The van der Waals surface area contributed by atoms with Gasteiger partial charge in [0, 0.05) is 13.0 Å². The Morgan fingerprint density at radius 1 is 1.20 bits per heavy atom. The van der Waals surface area contributed by atoms with Gasteiger partial charge in [-0.05, 0) is 37.5 Å². The van der Waals surface area contributed by atoms with Gasteiger partial charge in [0.15, 0.2) is 0 Å². The SMILES string of the molecule is CC(C)[C@@H](CC=O)CC[C@@H](O)CCCO. The minimum Gasteiger partial charge on any atom is -0.396 e. The second-order valence-corrected chi connectivity index (χ2v) is 4.50. The summed E-state index contributed by atoms with van der Waals surface area (Å²) in [5, 5.41) is 18.2. The first-order valence-corrected chi connectivity index (χ1v) is 5.84. The molecular weight excluding hydrogens is 192 g/mol. The molecule has 0 fully saturated rings. The van der Waals surface area contributed by atoms with Crippen LogP contribution < -0.4 is 0 Å². The molecule has 2 atom stereocenters. The molecule has 0 aliphatic heterocycles. The quantitative estimate of drug-likeness (QED) is 0.577. The second kappa shape index (κ2) is 8.86. The highest BCUT2D eigenvalue weighted by Crippen LogP contribution is 2.21. The van der Waals surface area contributed by atoms with Crippen molar-refractivity contribution in [2.75, 3.05) is 6.61 Å². The van der Waals surface area contributed by atoms with Gasteiger partial charge < -0.3 is 15.0 Å². The zero-order valence-electron chi connectivity index (χ0n) is 9.85. The maximum absolute atomic E-state index is 10.4. The van der Waals surface area contributed by atoms with Gasteiger partial charge in [-0.3, -0.25) is 0 Å². The summed E-state index contributed by atoms with van der Waals surface area (Å²) >= 11 is 0. The molecule has 0 aliphatic rings. The van der Waals surface area contributed by atoms with E-state index in [2.05, 4.69) is 13.8 Å². The lowest BCUT2D eigenvalue weighted by Crippen LogP contribution is -2.14. The average molecular weight is 216 g/mol. The lowest BCUT2D eigenvalue weighted by molar-refractivity contribution is -0.109. The van der Waals surface area contributed by atoms with E-state index < -0.39 is 0 Å². The molecule has 0 aromatic rings. The van der Waals surface area contributed by atoms with Gasteiger partial charge in [-0.2, -0.15) is 0 Å². The fourth-order valence-corrected chi connectivity index (χ4v) is 1.72. The van der Waals surface area contributed by atoms with Crippen molar-refractivity contribution in [1.82, 2.24) is 0 Å². The Morgan fingerprint density at radius 2 is 1.87 bits per heavy atom. The second-order valence-electron chi connectivity index (χ2n) is 4.50. The smallest absolute Gasteiger partial charge is 0.120 e. The van der Waals surface area contributed by atoms with Gasteiger partial charge >= 0.3 is 0 Å². The minimum atomic E-state index is -0.329. The largest absolute Gasteiger partial charge is 0.396 e. The van der Waals surface area contributed by atoms with Crippen molar-refractivity contribution in [3.63, 3.8) is 0 Å². The monoisotopic (exact) mass is 216 g/mol. The average Bonchev–Trinajstić information content (AvgIpc) is 2.20. The summed E-state index contributed by atoms with van der Waals surface area (Å²) in [6, 6.07) is 0. The van der Waals surface area contributed by atoms with Gasteiger partial charge in [-0.1, -0.05) is 13.8 Å². The molecule has 0 rings (SSSR count). The topological polar surface area (TPSA) is 57.5 Å². The van der Waals surface area contributed by atoms with Crippen molar-refractivity contribution in [3.05, 3.63) is 0 Å². The van der Waals surface area contributed by atoms with Crippen LogP contribution in [0.5, 0.6) is 0 Å². The highest BCUT2D eigenvalue weighted by atomic mass is 16.3. The minimum absolute atomic E-state index is 0.138. The Morgan fingerprint density at radius 3 is 2.33 bits per heavy atom. The molecule has 0 saturated heterocycles. The first kappa shape index (κ1) is 14.6. The Bertz CT molecular complexity index is 157. The number of rotatable bonds is 9. The van der Waals surface area contributed by atoms with Crippen LogP contribution in [0, 0.1) is 11.8 Å². The molecule has 0 aliphatic carbocycles. The molecule has 0 aromatic carbocycles. The van der Waals surface area contributed by atoms with Crippen molar-refractivity contribution in [1.29, 1.82) is 0 Å². The predicted octanol–water partition coefficient (Wildman–Crippen LogP) is 1.76. The summed E-state index contributed by atoms with van der Waals surface area (Å²) in [6.45, 7) is 4.35. The van der Waals surface area contributed by atoms with Gasteiger partial charge in [0.05, 0.1) is 6.10 Å². The molecule has 2 N–H and O–H groups in total. The number of carbonyl (C=O) groups excluding carboxylic acids is 1. The molecule has 90 valence electrons. The molecule has 0 unspecified atom stereocenters. The van der Waals surface area contributed by atoms with E-state index in [4.69, 9.17) is 5.11 Å². The van der Waals surface area contributed by atoms with Crippen molar-refractivity contribution in [3.8, 4) is 0 Å². The molecular formula is C12H24O3. The third-order valence-electron chi connectivity index (χ3n) is 2.91. The van der Waals surface area contributed by atoms with E-state index in [0.717, 1.165) is 19.1 Å². The Labute approximate surface area is 92.5 Å². The highest BCUT2D eigenvalue weighted by Gasteiger charge is 2.14. The van der Waals surface area contributed by atoms with Crippen LogP contribution in [0.3, 0.4) is 0 Å². The van der Waals surface area contributed by atoms with Crippen molar-refractivity contribution >= 4 is 6.29 Å². The standard InChI is InChI=1S/C12H24O3/c1-10(2)11(7-9-14)5-6-12(15)4-3-8-13/h9-13,15H,3-8H2,1-2H3/t11-,12+/m1/s1. The van der Waals surface area contributed by atoms with E-state index >= 15 is 0 Å². The van der Waals surface area contributed by atoms with Crippen LogP contribution in [0.4, 0.5) is 0 Å². The Kier molecular flexibility index (Phi) is 8.62. The van der Waals surface area contributed by atoms with Crippen LogP contribution in [-0.4, -0.2) is 29.2 Å². The Balaban J connectivity index is 3.72. The zero-order chi connectivity index (χ0) is 11.7. The molecule has 15 heavy (non-hydrogen) atoms. The van der Waals surface area contributed by atoms with Crippen molar-refractivity contribution in [2.24, 2.45) is 11.8 Å². The maximum atomic E-state index is 10.4. The first-order valence-electron chi connectivity index (χ1n) is 5.84. The normalized spacial score (nSPS) is 15.3. The van der Waals surface area contributed by atoms with Crippen LogP contribution in [0.1, 0.15) is 46.0 Å². The Hall–Kier alpha value is -0.410. The zero-order valence-corrected chi connectivity index (χ0v) is 9.85. The van der Waals surface area contributed by atoms with E-state index in [-0.39, 0.29) is 12.7 Å². The molecule has 3 nitrogen and oxygen atoms in total. The molecule has 0 saturated carbocycles. The molecule has 0 spiro atoms.